The molecule has 0 bridgehead atoms. The Balaban J connectivity index is 1.58. The van der Waals surface area contributed by atoms with Gasteiger partial charge in [-0.1, -0.05) is 18.2 Å². The molecule has 1 aromatic heterocycles. The van der Waals surface area contributed by atoms with E-state index in [9.17, 15) is 9.59 Å². The van der Waals surface area contributed by atoms with Crippen LogP contribution in [-0.4, -0.2) is 42.6 Å². The number of aromatic amines is 1. The van der Waals surface area contributed by atoms with Crippen molar-refractivity contribution in [2.24, 2.45) is 16.9 Å². The third-order valence-corrected chi connectivity index (χ3v) is 4.29. The van der Waals surface area contributed by atoms with Gasteiger partial charge in [-0.15, -0.1) is 0 Å². The van der Waals surface area contributed by atoms with Crippen molar-refractivity contribution in [3.05, 3.63) is 36.0 Å². The molecule has 2 amide bonds. The summed E-state index contributed by atoms with van der Waals surface area (Å²) >= 11 is 0. The second-order valence-electron chi connectivity index (χ2n) is 5.97. The number of benzene rings is 1. The predicted molar refractivity (Wildman–Crippen MR) is 85.4 cm³/mol. The number of hydrogen-bond acceptors (Lipinski definition) is 4. The van der Waals surface area contributed by atoms with E-state index in [1.165, 1.54) is 0 Å². The fourth-order valence-corrected chi connectivity index (χ4v) is 2.74. The van der Waals surface area contributed by atoms with E-state index < -0.39 is 17.2 Å². The molecule has 1 aliphatic heterocycles. The highest BCUT2D eigenvalue weighted by molar-refractivity contribution is 6.05. The highest BCUT2D eigenvalue weighted by Gasteiger charge is 2.51. The molecule has 2 heterocycles. The number of carbonyl (C=O) groups excluding carboxylic acids is 2. The van der Waals surface area contributed by atoms with Crippen LogP contribution in [0.3, 0.4) is 0 Å². The van der Waals surface area contributed by atoms with Gasteiger partial charge in [-0.3, -0.25) is 9.59 Å². The van der Waals surface area contributed by atoms with Crippen LogP contribution in [0.2, 0.25) is 0 Å². The monoisotopic (exact) mass is 316 g/mol. The maximum atomic E-state index is 12.2. The molecule has 6 N–H and O–H groups in total. The molecule has 122 valence electrons. The van der Waals surface area contributed by atoms with E-state index in [1.807, 2.05) is 30.5 Å². The zero-order valence-electron chi connectivity index (χ0n) is 12.7. The molecule has 1 fully saturated rings. The van der Waals surface area contributed by atoms with Gasteiger partial charge in [-0.25, -0.2) is 0 Å². The van der Waals surface area contributed by atoms with Gasteiger partial charge < -0.3 is 26.5 Å². The molecule has 1 aliphatic rings. The third-order valence-electron chi connectivity index (χ3n) is 4.29. The topological polar surface area (TPSA) is 123 Å². The number of aromatic nitrogens is 1. The second-order valence-corrected chi connectivity index (χ2v) is 5.97. The summed E-state index contributed by atoms with van der Waals surface area (Å²) in [5.74, 6) is -1.07. The maximum Gasteiger partial charge on any atom is 0.240 e. The summed E-state index contributed by atoms with van der Waals surface area (Å²) in [4.78, 5) is 26.8. The van der Waals surface area contributed by atoms with Crippen LogP contribution in [0.5, 0.6) is 0 Å². The number of para-hydroxylation sites is 1. The molecular formula is C16H20N4O3. The van der Waals surface area contributed by atoms with Crippen LogP contribution in [0, 0.1) is 5.41 Å². The number of rotatable bonds is 6. The van der Waals surface area contributed by atoms with Gasteiger partial charge in [0.05, 0.1) is 13.2 Å². The first-order valence-corrected chi connectivity index (χ1v) is 7.49. The highest BCUT2D eigenvalue weighted by atomic mass is 16.5. The van der Waals surface area contributed by atoms with Crippen molar-refractivity contribution < 1.29 is 14.3 Å². The van der Waals surface area contributed by atoms with Gasteiger partial charge in [0.1, 0.15) is 0 Å². The fraction of sp³-hybridized carbons (Fsp3) is 0.375. The van der Waals surface area contributed by atoms with Gasteiger partial charge in [-0.2, -0.15) is 0 Å². The summed E-state index contributed by atoms with van der Waals surface area (Å²) in [5.41, 5.74) is 12.3. The Morgan fingerprint density at radius 1 is 1.35 bits per heavy atom. The molecule has 0 saturated carbocycles. The third kappa shape index (κ3) is 2.80. The van der Waals surface area contributed by atoms with Crippen LogP contribution in [-0.2, 0) is 20.7 Å². The van der Waals surface area contributed by atoms with Crippen molar-refractivity contribution in [2.45, 2.75) is 12.5 Å². The lowest BCUT2D eigenvalue weighted by Crippen LogP contribution is -2.62. The van der Waals surface area contributed by atoms with E-state index >= 15 is 0 Å². The Morgan fingerprint density at radius 3 is 2.74 bits per heavy atom. The molecule has 1 atom stereocenters. The van der Waals surface area contributed by atoms with Crippen molar-refractivity contribution in [3.63, 3.8) is 0 Å². The first kappa shape index (κ1) is 15.5. The van der Waals surface area contributed by atoms with E-state index in [0.29, 0.717) is 6.42 Å². The van der Waals surface area contributed by atoms with Crippen LogP contribution < -0.4 is 16.8 Å². The average molecular weight is 316 g/mol. The molecule has 23 heavy (non-hydrogen) atoms. The maximum absolute atomic E-state index is 12.2. The minimum Gasteiger partial charge on any atom is -0.378 e. The van der Waals surface area contributed by atoms with E-state index in [1.54, 1.807) is 0 Å². The smallest absolute Gasteiger partial charge is 0.240 e. The molecular weight excluding hydrogens is 296 g/mol. The zero-order valence-corrected chi connectivity index (χ0v) is 12.7. The number of nitrogens with two attached hydrogens (primary N) is 2. The summed E-state index contributed by atoms with van der Waals surface area (Å²) < 4.78 is 4.96. The van der Waals surface area contributed by atoms with Crippen molar-refractivity contribution in [1.82, 2.24) is 10.3 Å². The van der Waals surface area contributed by atoms with E-state index in [0.717, 1.165) is 16.5 Å². The second kappa shape index (κ2) is 6.02. The Kier molecular flexibility index (Phi) is 4.06. The number of primary amides is 1. The van der Waals surface area contributed by atoms with Gasteiger partial charge in [0.25, 0.3) is 0 Å². The molecule has 7 heteroatoms. The average Bonchev–Trinajstić information content (AvgIpc) is 2.87. The lowest BCUT2D eigenvalue weighted by atomic mass is 9.84. The molecule has 0 unspecified atom stereocenters. The van der Waals surface area contributed by atoms with Crippen LogP contribution in [0.15, 0.2) is 30.5 Å². The minimum absolute atomic E-state index is 0.0336. The first-order chi connectivity index (χ1) is 11.0. The number of H-pyrrole nitrogens is 1. The number of ether oxygens (including phenoxy) is 1. The zero-order chi connectivity index (χ0) is 16.4. The number of carbonyl (C=O) groups is 2. The SMILES string of the molecule is NC(=O)C1(C(=O)NC[C@H](N)Cc2c[nH]c3ccccc23)COC1. The van der Waals surface area contributed by atoms with Gasteiger partial charge >= 0.3 is 0 Å². The Bertz CT molecular complexity index is 736. The number of amides is 2. The number of nitrogens with one attached hydrogen (secondary N) is 2. The molecule has 0 aliphatic carbocycles. The highest BCUT2D eigenvalue weighted by Crippen LogP contribution is 2.27. The summed E-state index contributed by atoms with van der Waals surface area (Å²) in [6.07, 6.45) is 2.54. The standard InChI is InChI=1S/C16H20N4O3/c17-11(5-10-6-19-13-4-2-1-3-12(10)13)7-20-15(22)16(14(18)21)8-23-9-16/h1-4,6,11,19H,5,7-9,17H2,(H2,18,21)(H,20,22)/t11-/m1/s1. The summed E-state index contributed by atoms with van der Waals surface area (Å²) in [6, 6.07) is 7.70. The van der Waals surface area contributed by atoms with Crippen molar-refractivity contribution >= 4 is 22.7 Å². The van der Waals surface area contributed by atoms with Gasteiger partial charge in [0.15, 0.2) is 5.41 Å². The lowest BCUT2D eigenvalue weighted by molar-refractivity contribution is -0.171. The normalized spacial score (nSPS) is 17.4. The Hall–Kier alpha value is -2.38. The minimum atomic E-state index is -1.24. The molecule has 2 aromatic rings. The van der Waals surface area contributed by atoms with Gasteiger partial charge in [-0.05, 0) is 18.1 Å². The lowest BCUT2D eigenvalue weighted by Gasteiger charge is -2.36. The molecule has 1 saturated heterocycles. The molecule has 0 spiro atoms. The number of fused-ring (bicyclic) bond motifs is 1. The summed E-state index contributed by atoms with van der Waals surface area (Å²) in [5, 5.41) is 3.83. The van der Waals surface area contributed by atoms with Gasteiger partial charge in [0, 0.05) is 29.7 Å². The summed E-state index contributed by atoms with van der Waals surface area (Å²) in [7, 11) is 0. The van der Waals surface area contributed by atoms with Crippen LogP contribution in [0.1, 0.15) is 5.56 Å². The van der Waals surface area contributed by atoms with Crippen molar-refractivity contribution in [1.29, 1.82) is 0 Å². The largest absolute Gasteiger partial charge is 0.378 e. The molecule has 7 nitrogen and oxygen atoms in total. The quantitative estimate of drug-likeness (QED) is 0.544. The van der Waals surface area contributed by atoms with Gasteiger partial charge in [0.2, 0.25) is 11.8 Å². The van der Waals surface area contributed by atoms with E-state index in [4.69, 9.17) is 16.2 Å². The molecule has 3 rings (SSSR count). The first-order valence-electron chi connectivity index (χ1n) is 7.49. The predicted octanol–water partition coefficient (Wildman–Crippen LogP) is -0.344. The van der Waals surface area contributed by atoms with Crippen LogP contribution in [0.4, 0.5) is 0 Å². The number of hydrogen-bond donors (Lipinski definition) is 4. The van der Waals surface area contributed by atoms with Crippen molar-refractivity contribution in [3.8, 4) is 0 Å². The fourth-order valence-electron chi connectivity index (χ4n) is 2.74. The molecule has 1 aromatic carbocycles. The molecule has 0 radical (unpaired) electrons. The van der Waals surface area contributed by atoms with Crippen molar-refractivity contribution in [2.75, 3.05) is 19.8 Å². The van der Waals surface area contributed by atoms with Crippen LogP contribution >= 0.6 is 0 Å². The van der Waals surface area contributed by atoms with E-state index in [2.05, 4.69) is 10.3 Å². The Morgan fingerprint density at radius 2 is 2.09 bits per heavy atom. The van der Waals surface area contributed by atoms with Crippen LogP contribution in [0.25, 0.3) is 10.9 Å². The van der Waals surface area contributed by atoms with E-state index in [-0.39, 0.29) is 25.8 Å². The summed E-state index contributed by atoms with van der Waals surface area (Å²) in [6.45, 7) is 0.338. The Labute approximate surface area is 133 Å².